The molecule has 0 spiro atoms. The summed E-state index contributed by atoms with van der Waals surface area (Å²) in [4.78, 5) is 1.95. The van der Waals surface area contributed by atoms with Gasteiger partial charge in [-0.1, -0.05) is 79.3 Å². The first kappa shape index (κ1) is 18.2. The third-order valence-electron chi connectivity index (χ3n) is 4.05. The second kappa shape index (κ2) is 8.20. The number of thioether (sulfide) groups is 1. The van der Waals surface area contributed by atoms with E-state index in [4.69, 9.17) is 0 Å². The van der Waals surface area contributed by atoms with E-state index in [0.29, 0.717) is 0 Å². The van der Waals surface area contributed by atoms with Crippen LogP contribution >= 0.6 is 19.1 Å². The maximum absolute atomic E-state index is 13.5. The molecule has 0 amide bonds. The van der Waals surface area contributed by atoms with Crippen LogP contribution in [0.5, 0.6) is 0 Å². The Balaban J connectivity index is 2.02. The fraction of sp³-hybridized carbons (Fsp3) is 0.200. The van der Waals surface area contributed by atoms with Crippen molar-refractivity contribution in [2.75, 3.05) is 6.61 Å². The highest BCUT2D eigenvalue weighted by Crippen LogP contribution is 2.58. The molecule has 3 nitrogen and oxygen atoms in total. The lowest BCUT2D eigenvalue weighted by molar-refractivity contribution is 0.254. The van der Waals surface area contributed by atoms with Gasteiger partial charge in [-0.05, 0) is 17.5 Å². The molecule has 1 aliphatic heterocycles. The molecular formula is C20H22NO2PS. The minimum Gasteiger partial charge on any atom is -0.395 e. The van der Waals surface area contributed by atoms with E-state index in [1.54, 1.807) is 11.8 Å². The van der Waals surface area contributed by atoms with Crippen LogP contribution in [0.3, 0.4) is 0 Å². The van der Waals surface area contributed by atoms with Crippen molar-refractivity contribution in [3.8, 4) is 0 Å². The Morgan fingerprint density at radius 3 is 1.84 bits per heavy atom. The minimum atomic E-state index is -2.90. The number of hydrogen-bond acceptors (Lipinski definition) is 3. The van der Waals surface area contributed by atoms with Gasteiger partial charge in [-0.15, -0.1) is 0 Å². The molecule has 25 heavy (non-hydrogen) atoms. The number of aliphatic hydroxyl groups is 1. The van der Waals surface area contributed by atoms with E-state index in [1.165, 1.54) is 0 Å². The average Bonchev–Trinajstić information content (AvgIpc) is 2.67. The van der Waals surface area contributed by atoms with Crippen molar-refractivity contribution >= 4 is 28.9 Å². The molecule has 0 saturated carbocycles. The van der Waals surface area contributed by atoms with Gasteiger partial charge in [0.2, 0.25) is 0 Å². The Morgan fingerprint density at radius 1 is 0.960 bits per heavy atom. The van der Waals surface area contributed by atoms with Crippen molar-refractivity contribution in [3.05, 3.63) is 83.4 Å². The van der Waals surface area contributed by atoms with E-state index >= 15 is 0 Å². The zero-order valence-corrected chi connectivity index (χ0v) is 15.8. The van der Waals surface area contributed by atoms with Crippen LogP contribution < -0.4 is 5.09 Å². The van der Waals surface area contributed by atoms with Crippen molar-refractivity contribution in [3.63, 3.8) is 0 Å². The maximum Gasteiger partial charge on any atom is 0.193 e. The number of hydrogen-bond donors (Lipinski definition) is 2. The van der Waals surface area contributed by atoms with Gasteiger partial charge in [0.1, 0.15) is 0 Å². The van der Waals surface area contributed by atoms with Crippen LogP contribution in [0.25, 0.3) is 9.81 Å². The summed E-state index contributed by atoms with van der Waals surface area (Å²) in [6.07, 6.45) is 0.719. The van der Waals surface area contributed by atoms with E-state index in [9.17, 15) is 9.67 Å². The van der Waals surface area contributed by atoms with Crippen LogP contribution in [0, 0.1) is 0 Å². The molecule has 1 aliphatic rings. The average molecular weight is 371 g/mol. The summed E-state index contributed by atoms with van der Waals surface area (Å²) in [5.74, 6) is 3.66. The summed E-state index contributed by atoms with van der Waals surface area (Å²) in [7, 11) is -2.90. The standard InChI is InChI=1S/C20H22NO2PS/c1-2-18(13-22)21-24(23)14-19(16-9-5-3-6-10-16)25-20(15-24)17-11-7-4-8-12-17/h3-12,14-15,18,22H,2,13H2,1H3,(H,21,23). The van der Waals surface area contributed by atoms with Gasteiger partial charge in [0, 0.05) is 27.5 Å². The Labute approximate surface area is 153 Å². The summed E-state index contributed by atoms with van der Waals surface area (Å²) in [5, 5.41) is 12.7. The summed E-state index contributed by atoms with van der Waals surface area (Å²) >= 11 is 1.63. The van der Waals surface area contributed by atoms with Gasteiger partial charge in [0.05, 0.1) is 6.61 Å². The van der Waals surface area contributed by atoms with Gasteiger partial charge >= 0.3 is 0 Å². The number of aliphatic hydroxyl groups excluding tert-OH is 1. The highest BCUT2D eigenvalue weighted by Gasteiger charge is 2.27. The van der Waals surface area contributed by atoms with Crippen LogP contribution in [0.4, 0.5) is 0 Å². The Kier molecular flexibility index (Phi) is 5.98. The number of nitrogens with one attached hydrogen (secondary N) is 1. The van der Waals surface area contributed by atoms with E-state index in [0.717, 1.165) is 27.4 Å². The zero-order valence-electron chi connectivity index (χ0n) is 14.1. The van der Waals surface area contributed by atoms with Crippen LogP contribution in [-0.4, -0.2) is 17.8 Å². The van der Waals surface area contributed by atoms with Gasteiger partial charge in [0.25, 0.3) is 0 Å². The van der Waals surface area contributed by atoms with E-state index in [2.05, 4.69) is 5.09 Å². The monoisotopic (exact) mass is 371 g/mol. The fourth-order valence-corrected chi connectivity index (χ4v) is 6.81. The van der Waals surface area contributed by atoms with Crippen molar-refractivity contribution in [2.45, 2.75) is 19.4 Å². The molecular weight excluding hydrogens is 349 g/mol. The molecule has 1 atom stereocenters. The van der Waals surface area contributed by atoms with Crippen molar-refractivity contribution in [1.82, 2.24) is 5.09 Å². The van der Waals surface area contributed by atoms with E-state index < -0.39 is 7.29 Å². The lowest BCUT2D eigenvalue weighted by atomic mass is 10.2. The highest BCUT2D eigenvalue weighted by molar-refractivity contribution is 8.17. The SMILES string of the molecule is CCC(CO)NP1(=O)C=C(c2ccccc2)SC(c2ccccc2)=C1. The molecule has 130 valence electrons. The fourth-order valence-electron chi connectivity index (χ4n) is 2.65. The van der Waals surface area contributed by atoms with Crippen LogP contribution in [0.15, 0.2) is 72.3 Å². The van der Waals surface area contributed by atoms with Crippen molar-refractivity contribution < 1.29 is 9.67 Å². The molecule has 0 fully saturated rings. The Morgan fingerprint density at radius 2 is 1.44 bits per heavy atom. The minimum absolute atomic E-state index is 0.0311. The largest absolute Gasteiger partial charge is 0.395 e. The second-order valence-corrected chi connectivity index (χ2v) is 9.22. The molecule has 5 heteroatoms. The molecule has 0 aliphatic carbocycles. The van der Waals surface area contributed by atoms with E-state index in [-0.39, 0.29) is 12.6 Å². The second-order valence-electron chi connectivity index (χ2n) is 5.95. The summed E-state index contributed by atoms with van der Waals surface area (Å²) in [5.41, 5.74) is 2.10. The van der Waals surface area contributed by atoms with Crippen LogP contribution in [-0.2, 0) is 4.57 Å². The first-order valence-electron chi connectivity index (χ1n) is 8.36. The normalized spacial score (nSPS) is 17.5. The highest BCUT2D eigenvalue weighted by atomic mass is 32.2. The summed E-state index contributed by atoms with van der Waals surface area (Å²) < 4.78 is 13.5. The first-order valence-corrected chi connectivity index (χ1v) is 11.0. The molecule has 0 radical (unpaired) electrons. The quantitative estimate of drug-likeness (QED) is 0.670. The third kappa shape index (κ3) is 4.53. The Bertz CT molecular complexity index is 755. The Hall–Kier alpha value is -1.58. The van der Waals surface area contributed by atoms with Crippen molar-refractivity contribution in [2.24, 2.45) is 0 Å². The summed E-state index contributed by atoms with van der Waals surface area (Å²) in [6.45, 7) is 1.94. The van der Waals surface area contributed by atoms with Gasteiger partial charge in [0.15, 0.2) is 7.29 Å². The molecule has 0 saturated heterocycles. The molecule has 2 aromatic carbocycles. The zero-order chi connectivity index (χ0) is 17.7. The molecule has 0 bridgehead atoms. The van der Waals surface area contributed by atoms with Gasteiger partial charge < -0.3 is 5.11 Å². The molecule has 2 N–H and O–H groups in total. The predicted octanol–water partition coefficient (Wildman–Crippen LogP) is 5.37. The summed E-state index contributed by atoms with van der Waals surface area (Å²) in [6, 6.07) is 19.8. The smallest absolute Gasteiger partial charge is 0.193 e. The topological polar surface area (TPSA) is 49.3 Å². The first-order chi connectivity index (χ1) is 12.1. The predicted molar refractivity (Wildman–Crippen MR) is 108 cm³/mol. The van der Waals surface area contributed by atoms with Gasteiger partial charge in [-0.3, -0.25) is 9.65 Å². The number of rotatable bonds is 6. The maximum atomic E-state index is 13.5. The van der Waals surface area contributed by atoms with Crippen LogP contribution in [0.1, 0.15) is 24.5 Å². The van der Waals surface area contributed by atoms with Gasteiger partial charge in [-0.2, -0.15) is 0 Å². The van der Waals surface area contributed by atoms with Gasteiger partial charge in [-0.25, -0.2) is 0 Å². The molecule has 1 heterocycles. The number of benzene rings is 2. The molecule has 3 rings (SSSR count). The lowest BCUT2D eigenvalue weighted by Gasteiger charge is -2.25. The molecule has 2 aromatic rings. The van der Waals surface area contributed by atoms with E-state index in [1.807, 2.05) is 79.2 Å². The molecule has 1 unspecified atom stereocenters. The van der Waals surface area contributed by atoms with Crippen LogP contribution in [0.2, 0.25) is 0 Å². The molecule has 0 aromatic heterocycles. The van der Waals surface area contributed by atoms with Crippen molar-refractivity contribution in [1.29, 1.82) is 0 Å². The lowest BCUT2D eigenvalue weighted by Crippen LogP contribution is -2.28. The third-order valence-corrected chi connectivity index (χ3v) is 7.60.